The highest BCUT2D eigenvalue weighted by molar-refractivity contribution is 5.98. The van der Waals surface area contributed by atoms with Gasteiger partial charge in [0.15, 0.2) is 0 Å². The number of hydrogen-bond acceptors (Lipinski definition) is 4. The zero-order valence-corrected chi connectivity index (χ0v) is 15.4. The standard InChI is InChI=1S/C20H22N6O2/c21-13-5-7-25(10-13)20(28)18-14-11-26(8-6-16(14)23-24-18)19(27)17-9-12-3-1-2-4-15(12)22-17/h1-4,9,13,22H,5-8,10-11,21H2,(H,23,24)/t13-/m0/s1. The SMILES string of the molecule is N[C@H]1CCN(C(=O)c2[nH]nc3c2CN(C(=O)c2cc4ccccc4[nH]2)CC3)C1. The van der Waals surface area contributed by atoms with Gasteiger partial charge in [-0.2, -0.15) is 5.10 Å². The Kier molecular flexibility index (Phi) is 3.94. The maximum absolute atomic E-state index is 13.0. The largest absolute Gasteiger partial charge is 0.351 e. The van der Waals surface area contributed by atoms with Crippen molar-refractivity contribution in [2.75, 3.05) is 19.6 Å². The van der Waals surface area contributed by atoms with E-state index in [9.17, 15) is 9.59 Å². The van der Waals surface area contributed by atoms with Crippen molar-refractivity contribution in [3.05, 3.63) is 53.0 Å². The molecule has 1 atom stereocenters. The summed E-state index contributed by atoms with van der Waals surface area (Å²) in [4.78, 5) is 32.6. The molecule has 1 aromatic carbocycles. The second-order valence-electron chi connectivity index (χ2n) is 7.57. The van der Waals surface area contributed by atoms with Gasteiger partial charge in [-0.05, 0) is 18.6 Å². The van der Waals surface area contributed by atoms with Crippen LogP contribution >= 0.6 is 0 Å². The first kappa shape index (κ1) is 17.0. The normalized spacial score (nSPS) is 19.2. The van der Waals surface area contributed by atoms with Crippen LogP contribution in [0.25, 0.3) is 10.9 Å². The number of fused-ring (bicyclic) bond motifs is 2. The molecule has 1 fully saturated rings. The van der Waals surface area contributed by atoms with Crippen molar-refractivity contribution in [3.63, 3.8) is 0 Å². The highest BCUT2D eigenvalue weighted by Gasteiger charge is 2.32. The fourth-order valence-electron chi connectivity index (χ4n) is 4.13. The number of likely N-dealkylation sites (tertiary alicyclic amines) is 1. The van der Waals surface area contributed by atoms with Crippen molar-refractivity contribution in [1.29, 1.82) is 0 Å². The van der Waals surface area contributed by atoms with Gasteiger partial charge >= 0.3 is 0 Å². The number of aromatic nitrogens is 3. The molecule has 0 bridgehead atoms. The molecule has 0 unspecified atom stereocenters. The summed E-state index contributed by atoms with van der Waals surface area (Å²) in [5, 5.41) is 8.23. The van der Waals surface area contributed by atoms with Crippen LogP contribution in [0.4, 0.5) is 0 Å². The number of aromatic amines is 2. The molecule has 1 saturated heterocycles. The number of para-hydroxylation sites is 1. The molecular weight excluding hydrogens is 356 g/mol. The lowest BCUT2D eigenvalue weighted by atomic mass is 10.0. The number of nitrogens with zero attached hydrogens (tertiary/aromatic N) is 3. The quantitative estimate of drug-likeness (QED) is 0.623. The summed E-state index contributed by atoms with van der Waals surface area (Å²) in [6, 6.07) is 9.72. The lowest BCUT2D eigenvalue weighted by Crippen LogP contribution is -2.37. The smallest absolute Gasteiger partial charge is 0.272 e. The Hall–Kier alpha value is -3.13. The van der Waals surface area contributed by atoms with Gasteiger partial charge < -0.3 is 20.5 Å². The van der Waals surface area contributed by atoms with Gasteiger partial charge in [0.1, 0.15) is 11.4 Å². The molecule has 2 aromatic heterocycles. The molecule has 2 amide bonds. The number of carbonyl (C=O) groups excluding carboxylic acids is 2. The Bertz CT molecular complexity index is 1030. The molecule has 8 heteroatoms. The van der Waals surface area contributed by atoms with Crippen LogP contribution in [0.2, 0.25) is 0 Å². The summed E-state index contributed by atoms with van der Waals surface area (Å²) in [6.07, 6.45) is 1.44. The molecule has 0 spiro atoms. The predicted octanol–water partition coefficient (Wildman–Crippen LogP) is 1.26. The molecule has 3 aromatic rings. The molecule has 0 saturated carbocycles. The molecule has 4 N–H and O–H groups in total. The van der Waals surface area contributed by atoms with Gasteiger partial charge in [0.25, 0.3) is 11.8 Å². The van der Waals surface area contributed by atoms with Crippen LogP contribution in [0.15, 0.2) is 30.3 Å². The van der Waals surface area contributed by atoms with Gasteiger partial charge in [0, 0.05) is 48.6 Å². The van der Waals surface area contributed by atoms with Crippen molar-refractivity contribution >= 4 is 22.7 Å². The van der Waals surface area contributed by atoms with E-state index in [0.29, 0.717) is 44.0 Å². The summed E-state index contributed by atoms with van der Waals surface area (Å²) >= 11 is 0. The third-order valence-electron chi connectivity index (χ3n) is 5.69. The van der Waals surface area contributed by atoms with Crippen LogP contribution in [-0.4, -0.2) is 62.5 Å². The van der Waals surface area contributed by atoms with Gasteiger partial charge in [-0.25, -0.2) is 0 Å². The molecule has 28 heavy (non-hydrogen) atoms. The maximum atomic E-state index is 13.0. The minimum Gasteiger partial charge on any atom is -0.351 e. The fourth-order valence-corrected chi connectivity index (χ4v) is 4.13. The number of nitrogens with one attached hydrogen (secondary N) is 2. The Morgan fingerprint density at radius 3 is 2.79 bits per heavy atom. The van der Waals surface area contributed by atoms with E-state index in [2.05, 4.69) is 15.2 Å². The van der Waals surface area contributed by atoms with Crippen LogP contribution in [0.5, 0.6) is 0 Å². The molecular formula is C20H22N6O2. The van der Waals surface area contributed by atoms with Gasteiger partial charge in [0.2, 0.25) is 0 Å². The van der Waals surface area contributed by atoms with E-state index in [-0.39, 0.29) is 17.9 Å². The third-order valence-corrected chi connectivity index (χ3v) is 5.69. The summed E-state index contributed by atoms with van der Waals surface area (Å²) in [5.74, 6) is -0.147. The Morgan fingerprint density at radius 1 is 1.14 bits per heavy atom. The van der Waals surface area contributed by atoms with Gasteiger partial charge in [0.05, 0.1) is 12.2 Å². The first-order chi connectivity index (χ1) is 13.6. The highest BCUT2D eigenvalue weighted by atomic mass is 16.2. The number of hydrogen-bond donors (Lipinski definition) is 3. The van der Waals surface area contributed by atoms with Crippen LogP contribution in [-0.2, 0) is 13.0 Å². The number of nitrogens with two attached hydrogens (primary N) is 1. The topological polar surface area (TPSA) is 111 Å². The molecule has 8 nitrogen and oxygen atoms in total. The molecule has 0 radical (unpaired) electrons. The first-order valence-electron chi connectivity index (χ1n) is 9.58. The highest BCUT2D eigenvalue weighted by Crippen LogP contribution is 2.25. The van der Waals surface area contributed by atoms with Crippen LogP contribution in [0.1, 0.15) is 38.7 Å². The minimum atomic E-state index is -0.0818. The lowest BCUT2D eigenvalue weighted by Gasteiger charge is -2.27. The van der Waals surface area contributed by atoms with E-state index < -0.39 is 0 Å². The maximum Gasteiger partial charge on any atom is 0.272 e. The van der Waals surface area contributed by atoms with Crippen molar-refractivity contribution in [2.45, 2.75) is 25.4 Å². The van der Waals surface area contributed by atoms with E-state index in [1.165, 1.54) is 0 Å². The van der Waals surface area contributed by atoms with Crippen LogP contribution < -0.4 is 5.73 Å². The summed E-state index contributed by atoms with van der Waals surface area (Å²) in [5.41, 5.74) is 9.61. The van der Waals surface area contributed by atoms with Crippen molar-refractivity contribution < 1.29 is 9.59 Å². The van der Waals surface area contributed by atoms with Gasteiger partial charge in [-0.1, -0.05) is 18.2 Å². The zero-order chi connectivity index (χ0) is 19.3. The van der Waals surface area contributed by atoms with E-state index in [4.69, 9.17) is 5.73 Å². The molecule has 2 aliphatic heterocycles. The van der Waals surface area contributed by atoms with Gasteiger partial charge in [-0.3, -0.25) is 14.7 Å². The average Bonchev–Trinajstić information content (AvgIpc) is 3.43. The van der Waals surface area contributed by atoms with Crippen LogP contribution in [0, 0.1) is 0 Å². The fraction of sp³-hybridized carbons (Fsp3) is 0.350. The third kappa shape index (κ3) is 2.77. The lowest BCUT2D eigenvalue weighted by molar-refractivity contribution is 0.0718. The number of amides is 2. The summed E-state index contributed by atoms with van der Waals surface area (Å²) in [6.45, 7) is 2.17. The molecule has 144 valence electrons. The molecule has 0 aliphatic carbocycles. The second-order valence-corrected chi connectivity index (χ2v) is 7.57. The van der Waals surface area contributed by atoms with E-state index in [1.54, 1.807) is 9.80 Å². The molecule has 5 rings (SSSR count). The minimum absolute atomic E-state index is 0.0304. The summed E-state index contributed by atoms with van der Waals surface area (Å²) < 4.78 is 0. The monoisotopic (exact) mass is 378 g/mol. The molecule has 4 heterocycles. The zero-order valence-electron chi connectivity index (χ0n) is 15.4. The first-order valence-corrected chi connectivity index (χ1v) is 9.58. The predicted molar refractivity (Wildman–Crippen MR) is 104 cm³/mol. The number of rotatable bonds is 2. The number of carbonyl (C=O) groups is 2. The molecule has 2 aliphatic rings. The van der Waals surface area contributed by atoms with E-state index in [1.807, 2.05) is 30.3 Å². The van der Waals surface area contributed by atoms with E-state index in [0.717, 1.165) is 28.6 Å². The number of benzene rings is 1. The van der Waals surface area contributed by atoms with Crippen molar-refractivity contribution in [3.8, 4) is 0 Å². The van der Waals surface area contributed by atoms with E-state index >= 15 is 0 Å². The second kappa shape index (κ2) is 6.49. The number of H-pyrrole nitrogens is 2. The van der Waals surface area contributed by atoms with Crippen molar-refractivity contribution in [1.82, 2.24) is 25.0 Å². The summed E-state index contributed by atoms with van der Waals surface area (Å²) in [7, 11) is 0. The Balaban J connectivity index is 1.39. The van der Waals surface area contributed by atoms with Crippen molar-refractivity contribution in [2.24, 2.45) is 5.73 Å². The van der Waals surface area contributed by atoms with Gasteiger partial charge in [-0.15, -0.1) is 0 Å². The Labute approximate surface area is 161 Å². The average molecular weight is 378 g/mol. The van der Waals surface area contributed by atoms with Crippen LogP contribution in [0.3, 0.4) is 0 Å². The Morgan fingerprint density at radius 2 is 2.00 bits per heavy atom.